The molecule has 0 aromatic rings. The first kappa shape index (κ1) is 18.1. The maximum Gasteiger partial charge on any atom is -0.0365 e. The minimum absolute atomic E-state index is 0.899. The van der Waals surface area contributed by atoms with E-state index in [9.17, 15) is 0 Å². The predicted molar refractivity (Wildman–Crippen MR) is 91.9 cm³/mol. The Hall–Kier alpha value is 0. The molecule has 0 amide bonds. The van der Waals surface area contributed by atoms with Gasteiger partial charge in [-0.2, -0.15) is 0 Å². The lowest BCUT2D eigenvalue weighted by Gasteiger charge is -2.32. The quantitative estimate of drug-likeness (QED) is 0.413. The highest BCUT2D eigenvalue weighted by atomic mass is 14.4. The van der Waals surface area contributed by atoms with Crippen molar-refractivity contribution in [3.8, 4) is 0 Å². The minimum Gasteiger partial charge on any atom is -0.0651 e. The fourth-order valence-corrected chi connectivity index (χ4v) is 4.49. The summed E-state index contributed by atoms with van der Waals surface area (Å²) in [5.74, 6) is 6.66. The molecule has 0 heterocycles. The van der Waals surface area contributed by atoms with E-state index in [1.165, 1.54) is 38.5 Å². The van der Waals surface area contributed by atoms with Gasteiger partial charge in [0, 0.05) is 0 Å². The van der Waals surface area contributed by atoms with Crippen molar-refractivity contribution >= 4 is 0 Å². The Morgan fingerprint density at radius 2 is 1.35 bits per heavy atom. The van der Waals surface area contributed by atoms with E-state index in [2.05, 4.69) is 48.5 Å². The first-order chi connectivity index (χ1) is 9.38. The van der Waals surface area contributed by atoms with Crippen LogP contribution >= 0.6 is 0 Å². The Labute approximate surface area is 129 Å². The van der Waals surface area contributed by atoms with Crippen molar-refractivity contribution in [2.24, 2.45) is 41.4 Å². The highest BCUT2D eigenvalue weighted by molar-refractivity contribution is 4.84. The zero-order valence-electron chi connectivity index (χ0n) is 15.3. The summed E-state index contributed by atoms with van der Waals surface area (Å²) in [6, 6.07) is 0. The van der Waals surface area contributed by atoms with Crippen LogP contribution in [-0.2, 0) is 0 Å². The standard InChI is InChI=1S/C20H40/c1-8-14(3)10-17(6)20(9-2)18(7)11-15(4)12-19-13-16(19)5/h14-20H,8-13H2,1-7H3. The van der Waals surface area contributed by atoms with Gasteiger partial charge in [0.2, 0.25) is 0 Å². The zero-order chi connectivity index (χ0) is 15.3. The molecule has 0 N–H and O–H groups in total. The molecule has 120 valence electrons. The van der Waals surface area contributed by atoms with E-state index in [1.54, 1.807) is 0 Å². The van der Waals surface area contributed by atoms with Crippen LogP contribution in [-0.4, -0.2) is 0 Å². The van der Waals surface area contributed by atoms with Crippen molar-refractivity contribution < 1.29 is 0 Å². The number of rotatable bonds is 10. The van der Waals surface area contributed by atoms with E-state index in [1.807, 2.05) is 0 Å². The molecule has 0 nitrogen and oxygen atoms in total. The van der Waals surface area contributed by atoms with E-state index < -0.39 is 0 Å². The molecule has 0 heteroatoms. The van der Waals surface area contributed by atoms with Gasteiger partial charge in [0.05, 0.1) is 0 Å². The second-order valence-electron chi connectivity index (χ2n) is 8.33. The SMILES string of the molecule is CCC(C)CC(C)C(CC)C(C)CC(C)CC1CC1C. The third-order valence-electron chi connectivity index (χ3n) is 6.16. The molecule has 0 spiro atoms. The Kier molecular flexibility index (Phi) is 7.62. The molecule has 0 saturated heterocycles. The third-order valence-corrected chi connectivity index (χ3v) is 6.16. The topological polar surface area (TPSA) is 0 Å². The van der Waals surface area contributed by atoms with Crippen LogP contribution in [0.5, 0.6) is 0 Å². The number of hydrogen-bond donors (Lipinski definition) is 0. The largest absolute Gasteiger partial charge is 0.0651 e. The molecule has 20 heavy (non-hydrogen) atoms. The monoisotopic (exact) mass is 280 g/mol. The van der Waals surface area contributed by atoms with Crippen LogP contribution in [0.2, 0.25) is 0 Å². The molecule has 0 radical (unpaired) electrons. The Morgan fingerprint density at radius 1 is 0.850 bits per heavy atom. The van der Waals surface area contributed by atoms with Crippen molar-refractivity contribution in [3.63, 3.8) is 0 Å². The molecule has 1 aliphatic carbocycles. The lowest BCUT2D eigenvalue weighted by Crippen LogP contribution is -2.22. The lowest BCUT2D eigenvalue weighted by atomic mass is 9.74. The molecule has 0 aliphatic heterocycles. The predicted octanol–water partition coefficient (Wildman–Crippen LogP) is 6.79. The van der Waals surface area contributed by atoms with E-state index >= 15 is 0 Å². The number of hydrogen-bond acceptors (Lipinski definition) is 0. The van der Waals surface area contributed by atoms with Gasteiger partial charge in [-0.05, 0) is 67.1 Å². The average molecular weight is 281 g/mol. The Morgan fingerprint density at radius 3 is 1.75 bits per heavy atom. The van der Waals surface area contributed by atoms with Gasteiger partial charge < -0.3 is 0 Å². The molecule has 7 unspecified atom stereocenters. The van der Waals surface area contributed by atoms with E-state index in [-0.39, 0.29) is 0 Å². The smallest absolute Gasteiger partial charge is 0.0365 e. The van der Waals surface area contributed by atoms with Crippen molar-refractivity contribution in [2.45, 2.75) is 87.0 Å². The average Bonchev–Trinajstić information content (AvgIpc) is 3.04. The highest BCUT2D eigenvalue weighted by Gasteiger charge is 2.34. The normalized spacial score (nSPS) is 29.6. The zero-order valence-corrected chi connectivity index (χ0v) is 15.3. The van der Waals surface area contributed by atoms with Gasteiger partial charge in [-0.1, -0.05) is 61.3 Å². The third kappa shape index (κ3) is 5.78. The van der Waals surface area contributed by atoms with Crippen LogP contribution in [0.4, 0.5) is 0 Å². The van der Waals surface area contributed by atoms with Gasteiger partial charge in [-0.3, -0.25) is 0 Å². The summed E-state index contributed by atoms with van der Waals surface area (Å²) in [4.78, 5) is 0. The first-order valence-corrected chi connectivity index (χ1v) is 9.38. The molecule has 0 aromatic carbocycles. The summed E-state index contributed by atoms with van der Waals surface area (Å²) in [6.45, 7) is 17.1. The van der Waals surface area contributed by atoms with Crippen LogP contribution in [0.25, 0.3) is 0 Å². The highest BCUT2D eigenvalue weighted by Crippen LogP contribution is 2.44. The first-order valence-electron chi connectivity index (χ1n) is 9.38. The van der Waals surface area contributed by atoms with Crippen molar-refractivity contribution in [3.05, 3.63) is 0 Å². The van der Waals surface area contributed by atoms with Crippen LogP contribution < -0.4 is 0 Å². The summed E-state index contributed by atoms with van der Waals surface area (Å²) < 4.78 is 0. The van der Waals surface area contributed by atoms with Gasteiger partial charge in [-0.15, -0.1) is 0 Å². The fourth-order valence-electron chi connectivity index (χ4n) is 4.49. The summed E-state index contributed by atoms with van der Waals surface area (Å²) in [5.41, 5.74) is 0. The van der Waals surface area contributed by atoms with E-state index in [0.29, 0.717) is 0 Å². The minimum atomic E-state index is 0.899. The summed E-state index contributed by atoms with van der Waals surface area (Å²) in [6.07, 6.45) is 8.57. The van der Waals surface area contributed by atoms with E-state index in [4.69, 9.17) is 0 Å². The van der Waals surface area contributed by atoms with Gasteiger partial charge in [0.25, 0.3) is 0 Å². The molecular weight excluding hydrogens is 240 g/mol. The van der Waals surface area contributed by atoms with Crippen LogP contribution in [0, 0.1) is 41.4 Å². The molecule has 7 atom stereocenters. The van der Waals surface area contributed by atoms with Crippen LogP contribution in [0.3, 0.4) is 0 Å². The maximum absolute atomic E-state index is 2.52. The van der Waals surface area contributed by atoms with Crippen molar-refractivity contribution in [1.29, 1.82) is 0 Å². The van der Waals surface area contributed by atoms with Crippen molar-refractivity contribution in [1.82, 2.24) is 0 Å². The Balaban J connectivity index is 2.38. The molecule has 0 bridgehead atoms. The van der Waals surface area contributed by atoms with Crippen LogP contribution in [0.15, 0.2) is 0 Å². The molecule has 1 rings (SSSR count). The second-order valence-corrected chi connectivity index (χ2v) is 8.33. The maximum atomic E-state index is 2.52. The van der Waals surface area contributed by atoms with Gasteiger partial charge in [-0.25, -0.2) is 0 Å². The molecule has 1 fully saturated rings. The van der Waals surface area contributed by atoms with E-state index in [0.717, 1.165) is 41.4 Å². The molecule has 0 aromatic heterocycles. The van der Waals surface area contributed by atoms with Gasteiger partial charge in [0.15, 0.2) is 0 Å². The van der Waals surface area contributed by atoms with Crippen molar-refractivity contribution in [2.75, 3.05) is 0 Å². The van der Waals surface area contributed by atoms with Gasteiger partial charge >= 0.3 is 0 Å². The van der Waals surface area contributed by atoms with Gasteiger partial charge in [0.1, 0.15) is 0 Å². The lowest BCUT2D eigenvalue weighted by molar-refractivity contribution is 0.185. The summed E-state index contributed by atoms with van der Waals surface area (Å²) in [5, 5.41) is 0. The molecular formula is C20H40. The molecule has 1 saturated carbocycles. The Bertz CT molecular complexity index is 257. The summed E-state index contributed by atoms with van der Waals surface area (Å²) >= 11 is 0. The summed E-state index contributed by atoms with van der Waals surface area (Å²) in [7, 11) is 0. The molecule has 1 aliphatic rings. The van der Waals surface area contributed by atoms with Crippen LogP contribution in [0.1, 0.15) is 87.0 Å². The fraction of sp³-hybridized carbons (Fsp3) is 1.00. The second kappa shape index (κ2) is 8.44.